The number of aromatic nitrogens is 1. The average Bonchev–Trinajstić information content (AvgIpc) is 2.73. The molecule has 0 saturated heterocycles. The molecule has 1 aromatic carbocycles. The van der Waals surface area contributed by atoms with Gasteiger partial charge in [-0.25, -0.2) is 0 Å². The second-order valence-electron chi connectivity index (χ2n) is 3.86. The van der Waals surface area contributed by atoms with Crippen molar-refractivity contribution in [1.82, 2.24) is 4.98 Å². The van der Waals surface area contributed by atoms with Gasteiger partial charge in [0.25, 0.3) is 5.78 Å². The van der Waals surface area contributed by atoms with E-state index in [4.69, 9.17) is 4.74 Å². The summed E-state index contributed by atoms with van der Waals surface area (Å²) in [5.41, 5.74) is 0.0327. The van der Waals surface area contributed by atoms with Gasteiger partial charge in [-0.2, -0.15) is 13.2 Å². The number of carbonyl (C=O) groups is 1. The third kappa shape index (κ3) is 2.21. The molecular weight excluding hydrogens is 259 g/mol. The van der Waals surface area contributed by atoms with Crippen molar-refractivity contribution in [3.63, 3.8) is 0 Å². The van der Waals surface area contributed by atoms with E-state index in [2.05, 4.69) is 11.6 Å². The minimum atomic E-state index is -4.93. The molecule has 0 radical (unpaired) electrons. The maximum atomic E-state index is 12.6. The average molecular weight is 269 g/mol. The van der Waals surface area contributed by atoms with Crippen LogP contribution in [0.4, 0.5) is 13.2 Å². The van der Waals surface area contributed by atoms with Gasteiger partial charge in [-0.15, -0.1) is 0 Å². The van der Waals surface area contributed by atoms with Crippen molar-refractivity contribution in [2.75, 3.05) is 7.11 Å². The lowest BCUT2D eigenvalue weighted by molar-refractivity contribution is -0.0884. The Balaban J connectivity index is 2.75. The Morgan fingerprint density at radius 1 is 1.42 bits per heavy atom. The Kier molecular flexibility index (Phi) is 3.09. The van der Waals surface area contributed by atoms with Crippen molar-refractivity contribution >= 4 is 22.8 Å². The number of fused-ring (bicyclic) bond motifs is 1. The fraction of sp³-hybridized carbons (Fsp3) is 0.154. The summed E-state index contributed by atoms with van der Waals surface area (Å²) in [5.74, 6) is -1.53. The first-order valence-electron chi connectivity index (χ1n) is 5.32. The third-order valence-electron chi connectivity index (χ3n) is 2.72. The number of ether oxygens (including phenoxy) is 1. The molecule has 2 aromatic rings. The number of Topliss-reactive ketones (excluding diaryl/α,β-unsaturated/α-hetero) is 1. The molecule has 0 aliphatic heterocycles. The van der Waals surface area contributed by atoms with Crippen LogP contribution in [0.1, 0.15) is 16.1 Å². The van der Waals surface area contributed by atoms with Gasteiger partial charge >= 0.3 is 6.18 Å². The van der Waals surface area contributed by atoms with E-state index >= 15 is 0 Å². The normalized spacial score (nSPS) is 11.6. The van der Waals surface area contributed by atoms with E-state index in [9.17, 15) is 18.0 Å². The Morgan fingerprint density at radius 3 is 2.63 bits per heavy atom. The maximum absolute atomic E-state index is 12.6. The molecule has 19 heavy (non-hydrogen) atoms. The minimum Gasteiger partial charge on any atom is -0.497 e. The van der Waals surface area contributed by atoms with E-state index in [1.54, 1.807) is 12.1 Å². The highest BCUT2D eigenvalue weighted by atomic mass is 19.4. The number of carbonyl (C=O) groups excluding carboxylic acids is 1. The molecule has 1 heterocycles. The van der Waals surface area contributed by atoms with E-state index in [-0.39, 0.29) is 11.1 Å². The first-order chi connectivity index (χ1) is 8.88. The molecule has 0 fully saturated rings. The zero-order valence-electron chi connectivity index (χ0n) is 9.97. The number of nitrogens with one attached hydrogen (secondary N) is 1. The molecule has 0 amide bonds. The molecule has 3 nitrogen and oxygen atoms in total. The van der Waals surface area contributed by atoms with E-state index in [1.807, 2.05) is 0 Å². The van der Waals surface area contributed by atoms with Crippen LogP contribution in [-0.2, 0) is 0 Å². The van der Waals surface area contributed by atoms with Crippen molar-refractivity contribution in [3.05, 3.63) is 36.0 Å². The summed E-state index contributed by atoms with van der Waals surface area (Å²) in [6.45, 7) is 3.41. The van der Waals surface area contributed by atoms with Crippen LogP contribution >= 0.6 is 0 Å². The molecule has 0 bridgehead atoms. The molecule has 6 heteroatoms. The van der Waals surface area contributed by atoms with Crippen LogP contribution in [0.15, 0.2) is 24.8 Å². The van der Waals surface area contributed by atoms with Crippen molar-refractivity contribution < 1.29 is 22.7 Å². The van der Waals surface area contributed by atoms with Crippen molar-refractivity contribution in [3.8, 4) is 5.75 Å². The molecule has 0 aliphatic carbocycles. The topological polar surface area (TPSA) is 42.1 Å². The van der Waals surface area contributed by atoms with Crippen LogP contribution in [-0.4, -0.2) is 24.1 Å². The van der Waals surface area contributed by atoms with Gasteiger partial charge in [0, 0.05) is 16.6 Å². The van der Waals surface area contributed by atoms with E-state index in [0.717, 1.165) is 0 Å². The number of aromatic amines is 1. The summed E-state index contributed by atoms with van der Waals surface area (Å²) in [5, 5.41) is 0.163. The van der Waals surface area contributed by atoms with Crippen LogP contribution < -0.4 is 4.74 Å². The number of hydrogen-bond acceptors (Lipinski definition) is 2. The molecule has 0 atom stereocenters. The lowest BCUT2D eigenvalue weighted by Gasteiger charge is -2.06. The van der Waals surface area contributed by atoms with Crippen molar-refractivity contribution in [1.29, 1.82) is 0 Å². The molecule has 0 spiro atoms. The van der Waals surface area contributed by atoms with Gasteiger partial charge in [0.05, 0.1) is 12.7 Å². The number of alkyl halides is 3. The molecule has 0 aliphatic rings. The van der Waals surface area contributed by atoms with Gasteiger partial charge in [0.1, 0.15) is 5.75 Å². The van der Waals surface area contributed by atoms with Crippen molar-refractivity contribution in [2.24, 2.45) is 0 Å². The highest BCUT2D eigenvalue weighted by Crippen LogP contribution is 2.32. The first-order valence-corrected chi connectivity index (χ1v) is 5.32. The Labute approximate surface area is 106 Å². The number of ketones is 1. The largest absolute Gasteiger partial charge is 0.497 e. The lowest BCUT2D eigenvalue weighted by Crippen LogP contribution is -2.23. The minimum absolute atomic E-state index is 0.0468. The zero-order valence-corrected chi connectivity index (χ0v) is 9.97. The molecule has 1 N–H and O–H groups in total. The zero-order chi connectivity index (χ0) is 14.2. The van der Waals surface area contributed by atoms with E-state index in [1.165, 1.54) is 19.3 Å². The SMILES string of the molecule is C=Cc1[nH]c2ccc(OC)cc2c1C(=O)C(F)(F)F. The van der Waals surface area contributed by atoms with Crippen LogP contribution in [0.5, 0.6) is 5.75 Å². The van der Waals surface area contributed by atoms with Gasteiger partial charge in [-0.1, -0.05) is 6.58 Å². The number of benzene rings is 1. The third-order valence-corrected chi connectivity index (χ3v) is 2.72. The number of H-pyrrole nitrogens is 1. The van der Waals surface area contributed by atoms with Crippen LogP contribution in [0.2, 0.25) is 0 Å². The fourth-order valence-electron chi connectivity index (χ4n) is 1.86. The summed E-state index contributed by atoms with van der Waals surface area (Å²) < 4.78 is 42.8. The van der Waals surface area contributed by atoms with E-state index < -0.39 is 17.5 Å². The summed E-state index contributed by atoms with van der Waals surface area (Å²) in [6.07, 6.45) is -3.75. The Morgan fingerprint density at radius 2 is 2.11 bits per heavy atom. The summed E-state index contributed by atoms with van der Waals surface area (Å²) in [7, 11) is 1.40. The molecule has 100 valence electrons. The van der Waals surface area contributed by atoms with Crippen molar-refractivity contribution in [2.45, 2.75) is 6.18 Å². The highest BCUT2D eigenvalue weighted by Gasteiger charge is 2.41. The summed E-state index contributed by atoms with van der Waals surface area (Å²) in [6, 6.07) is 4.53. The fourth-order valence-corrected chi connectivity index (χ4v) is 1.86. The Hall–Kier alpha value is -2.24. The second kappa shape index (κ2) is 4.46. The number of methoxy groups -OCH3 is 1. The van der Waals surface area contributed by atoms with Gasteiger partial charge < -0.3 is 9.72 Å². The maximum Gasteiger partial charge on any atom is 0.454 e. The first kappa shape index (κ1) is 13.2. The van der Waals surface area contributed by atoms with Gasteiger partial charge in [0.15, 0.2) is 0 Å². The monoisotopic (exact) mass is 269 g/mol. The second-order valence-corrected chi connectivity index (χ2v) is 3.86. The number of hydrogen-bond donors (Lipinski definition) is 1. The molecule has 0 unspecified atom stereocenters. The quantitative estimate of drug-likeness (QED) is 0.865. The van der Waals surface area contributed by atoms with E-state index in [0.29, 0.717) is 11.3 Å². The molecule has 1 aromatic heterocycles. The molecule has 0 saturated carbocycles. The summed E-state index contributed by atoms with van der Waals surface area (Å²) in [4.78, 5) is 14.2. The molecular formula is C13H10F3NO2. The van der Waals surface area contributed by atoms with Gasteiger partial charge in [-0.3, -0.25) is 4.79 Å². The smallest absolute Gasteiger partial charge is 0.454 e. The lowest BCUT2D eigenvalue weighted by atomic mass is 10.1. The molecule has 2 rings (SSSR count). The predicted octanol–water partition coefficient (Wildman–Crippen LogP) is 3.56. The predicted molar refractivity (Wildman–Crippen MR) is 65.3 cm³/mol. The number of rotatable bonds is 3. The van der Waals surface area contributed by atoms with Gasteiger partial charge in [-0.05, 0) is 24.3 Å². The van der Waals surface area contributed by atoms with Crippen LogP contribution in [0.25, 0.3) is 17.0 Å². The Bertz CT molecular complexity index is 656. The number of halogens is 3. The van der Waals surface area contributed by atoms with Crippen LogP contribution in [0, 0.1) is 0 Å². The highest BCUT2D eigenvalue weighted by molar-refractivity contribution is 6.13. The summed E-state index contributed by atoms with van der Waals surface area (Å²) >= 11 is 0. The standard InChI is InChI=1S/C13H10F3NO2/c1-3-9-11(12(18)13(14,15)16)8-6-7(19-2)4-5-10(8)17-9/h3-6,17H,1H2,2H3. The van der Waals surface area contributed by atoms with Gasteiger partial charge in [0.2, 0.25) is 0 Å². The van der Waals surface area contributed by atoms with Crippen LogP contribution in [0.3, 0.4) is 0 Å².